The molecule has 0 spiro atoms. The minimum atomic E-state index is -0.857. The number of hydrogen-bond acceptors (Lipinski definition) is 2. The summed E-state index contributed by atoms with van der Waals surface area (Å²) in [5, 5.41) is 2.84. The van der Waals surface area contributed by atoms with Gasteiger partial charge in [-0.15, -0.1) is 0 Å². The Morgan fingerprint density at radius 3 is 2.59 bits per heavy atom. The Balaban J connectivity index is 2.96. The van der Waals surface area contributed by atoms with Crippen LogP contribution in [0.5, 0.6) is 0 Å². The fourth-order valence-electron chi connectivity index (χ4n) is 1.12. The second kappa shape index (κ2) is 5.14. The molecule has 0 heterocycles. The summed E-state index contributed by atoms with van der Waals surface area (Å²) in [6.45, 7) is 5.34. The van der Waals surface area contributed by atoms with E-state index in [1.807, 2.05) is 25.1 Å². The van der Waals surface area contributed by atoms with Crippen molar-refractivity contribution in [1.29, 1.82) is 0 Å². The molecule has 0 atom stereocenters. The van der Waals surface area contributed by atoms with Gasteiger partial charge in [0.25, 0.3) is 0 Å². The smallest absolute Gasteiger partial charge is 0.236 e. The van der Waals surface area contributed by atoms with Crippen LogP contribution < -0.4 is 11.1 Å². The van der Waals surface area contributed by atoms with E-state index in [2.05, 4.69) is 21.2 Å². The predicted octanol–water partition coefficient (Wildman–Crippen LogP) is 3.01. The third-order valence-corrected chi connectivity index (χ3v) is 3.64. The molecular weight excluding hydrogens is 300 g/mol. The van der Waals surface area contributed by atoms with E-state index < -0.39 is 5.41 Å². The Kier molecular flexibility index (Phi) is 4.27. The summed E-state index contributed by atoms with van der Waals surface area (Å²) in [4.78, 5) is 12.2. The Bertz CT molecular complexity index is 472. The average molecular weight is 315 g/mol. The molecule has 0 aliphatic heterocycles. The molecule has 3 nitrogen and oxygen atoms in total. The standard InChI is InChI=1S/C12H15BrN2OS/c1-7-4-5-8(13)6-9(7)15-11(16)12(2,3)10(14)17/h4-6H,1-3H3,(H2,14,17)(H,15,16). The number of benzene rings is 1. The van der Waals surface area contributed by atoms with Crippen LogP contribution in [0.15, 0.2) is 22.7 Å². The predicted molar refractivity (Wildman–Crippen MR) is 78.1 cm³/mol. The number of thiocarbonyl (C=S) groups is 1. The molecule has 0 saturated carbocycles. The van der Waals surface area contributed by atoms with Gasteiger partial charge in [0.2, 0.25) is 5.91 Å². The molecule has 1 aromatic rings. The van der Waals surface area contributed by atoms with Crippen LogP contribution in [0.4, 0.5) is 5.69 Å². The number of halogens is 1. The van der Waals surface area contributed by atoms with Gasteiger partial charge in [0, 0.05) is 10.2 Å². The molecule has 0 saturated heterocycles. The largest absolute Gasteiger partial charge is 0.392 e. The first-order valence-electron chi connectivity index (χ1n) is 5.12. The lowest BCUT2D eigenvalue weighted by molar-refractivity contribution is -0.121. The molecule has 3 N–H and O–H groups in total. The normalized spacial score (nSPS) is 11.1. The Morgan fingerprint density at radius 1 is 1.47 bits per heavy atom. The van der Waals surface area contributed by atoms with Gasteiger partial charge in [-0.05, 0) is 38.5 Å². The van der Waals surface area contributed by atoms with Crippen molar-refractivity contribution in [3.8, 4) is 0 Å². The van der Waals surface area contributed by atoms with E-state index in [-0.39, 0.29) is 10.9 Å². The number of rotatable bonds is 3. The molecule has 0 radical (unpaired) electrons. The van der Waals surface area contributed by atoms with Crippen LogP contribution in [0.3, 0.4) is 0 Å². The molecule has 92 valence electrons. The average Bonchev–Trinajstić information content (AvgIpc) is 2.23. The molecule has 0 aromatic heterocycles. The first-order chi connectivity index (χ1) is 7.75. The van der Waals surface area contributed by atoms with Crippen molar-refractivity contribution in [2.24, 2.45) is 11.1 Å². The molecule has 0 unspecified atom stereocenters. The van der Waals surface area contributed by atoms with E-state index in [1.165, 1.54) is 0 Å². The molecule has 0 bridgehead atoms. The summed E-state index contributed by atoms with van der Waals surface area (Å²) in [5.41, 5.74) is 6.44. The number of anilines is 1. The third kappa shape index (κ3) is 3.26. The SMILES string of the molecule is Cc1ccc(Br)cc1NC(=O)C(C)(C)C(N)=S. The number of carbonyl (C=O) groups is 1. The topological polar surface area (TPSA) is 55.1 Å². The molecule has 0 fully saturated rings. The Hall–Kier alpha value is -0.940. The fourth-order valence-corrected chi connectivity index (χ4v) is 1.57. The van der Waals surface area contributed by atoms with E-state index in [0.717, 1.165) is 15.7 Å². The number of nitrogens with one attached hydrogen (secondary N) is 1. The van der Waals surface area contributed by atoms with Crippen LogP contribution in [-0.2, 0) is 4.79 Å². The molecule has 17 heavy (non-hydrogen) atoms. The molecule has 1 amide bonds. The summed E-state index contributed by atoms with van der Waals surface area (Å²) in [6.07, 6.45) is 0. The zero-order valence-electron chi connectivity index (χ0n) is 10.0. The van der Waals surface area contributed by atoms with E-state index >= 15 is 0 Å². The van der Waals surface area contributed by atoms with Gasteiger partial charge < -0.3 is 11.1 Å². The van der Waals surface area contributed by atoms with E-state index in [4.69, 9.17) is 18.0 Å². The van der Waals surface area contributed by atoms with Crippen LogP contribution in [-0.4, -0.2) is 10.9 Å². The number of carbonyl (C=O) groups excluding carboxylic acids is 1. The van der Waals surface area contributed by atoms with Gasteiger partial charge >= 0.3 is 0 Å². The molecule has 1 rings (SSSR count). The minimum absolute atomic E-state index is 0.183. The van der Waals surface area contributed by atoms with Crippen molar-refractivity contribution in [3.63, 3.8) is 0 Å². The van der Waals surface area contributed by atoms with Crippen molar-refractivity contribution in [1.82, 2.24) is 0 Å². The van der Waals surface area contributed by atoms with Crippen LogP contribution >= 0.6 is 28.1 Å². The summed E-state index contributed by atoms with van der Waals surface area (Å²) in [7, 11) is 0. The van der Waals surface area contributed by atoms with E-state index in [9.17, 15) is 4.79 Å². The summed E-state index contributed by atoms with van der Waals surface area (Å²) in [5.74, 6) is -0.203. The number of amides is 1. The summed E-state index contributed by atoms with van der Waals surface area (Å²) >= 11 is 8.25. The second-order valence-electron chi connectivity index (χ2n) is 4.40. The van der Waals surface area contributed by atoms with Gasteiger partial charge in [-0.25, -0.2) is 0 Å². The summed E-state index contributed by atoms with van der Waals surface area (Å²) < 4.78 is 0.909. The first kappa shape index (κ1) is 14.1. The van der Waals surface area contributed by atoms with E-state index in [1.54, 1.807) is 13.8 Å². The zero-order chi connectivity index (χ0) is 13.2. The van der Waals surface area contributed by atoms with Gasteiger partial charge in [0.15, 0.2) is 0 Å². The lowest BCUT2D eigenvalue weighted by Gasteiger charge is -2.22. The number of hydrogen-bond donors (Lipinski definition) is 2. The van der Waals surface area contributed by atoms with Crippen LogP contribution in [0.25, 0.3) is 0 Å². The van der Waals surface area contributed by atoms with Crippen molar-refractivity contribution in [3.05, 3.63) is 28.2 Å². The van der Waals surface area contributed by atoms with Gasteiger partial charge in [0.05, 0.1) is 10.4 Å². The Morgan fingerprint density at radius 2 is 2.06 bits per heavy atom. The maximum atomic E-state index is 12.0. The van der Waals surface area contributed by atoms with Crippen LogP contribution in [0.1, 0.15) is 19.4 Å². The number of aryl methyl sites for hydroxylation is 1. The molecule has 1 aromatic carbocycles. The molecular formula is C12H15BrN2OS. The minimum Gasteiger partial charge on any atom is -0.392 e. The van der Waals surface area contributed by atoms with Crippen LogP contribution in [0.2, 0.25) is 0 Å². The van der Waals surface area contributed by atoms with Gasteiger partial charge in [0.1, 0.15) is 0 Å². The van der Waals surface area contributed by atoms with Crippen molar-refractivity contribution < 1.29 is 4.79 Å². The zero-order valence-corrected chi connectivity index (χ0v) is 12.4. The van der Waals surface area contributed by atoms with Gasteiger partial charge in [-0.3, -0.25) is 4.79 Å². The highest BCUT2D eigenvalue weighted by Gasteiger charge is 2.31. The maximum Gasteiger partial charge on any atom is 0.236 e. The lowest BCUT2D eigenvalue weighted by atomic mass is 9.92. The van der Waals surface area contributed by atoms with Crippen molar-refractivity contribution in [2.75, 3.05) is 5.32 Å². The third-order valence-electron chi connectivity index (χ3n) is 2.63. The molecule has 0 aliphatic carbocycles. The first-order valence-corrected chi connectivity index (χ1v) is 6.33. The summed E-state index contributed by atoms with van der Waals surface area (Å²) in [6, 6.07) is 5.69. The fraction of sp³-hybridized carbons (Fsp3) is 0.333. The molecule has 0 aliphatic rings. The van der Waals surface area contributed by atoms with Gasteiger partial charge in [-0.1, -0.05) is 34.2 Å². The Labute approximate surface area is 115 Å². The lowest BCUT2D eigenvalue weighted by Crippen LogP contribution is -2.41. The number of nitrogens with two attached hydrogens (primary N) is 1. The van der Waals surface area contributed by atoms with Crippen molar-refractivity contribution >= 4 is 44.7 Å². The highest BCUT2D eigenvalue weighted by molar-refractivity contribution is 9.10. The van der Waals surface area contributed by atoms with Crippen molar-refractivity contribution in [2.45, 2.75) is 20.8 Å². The quantitative estimate of drug-likeness (QED) is 0.843. The van der Waals surface area contributed by atoms with E-state index in [0.29, 0.717) is 0 Å². The second-order valence-corrected chi connectivity index (χ2v) is 5.76. The maximum absolute atomic E-state index is 12.0. The van der Waals surface area contributed by atoms with Gasteiger partial charge in [-0.2, -0.15) is 0 Å². The molecule has 5 heteroatoms. The monoisotopic (exact) mass is 314 g/mol. The van der Waals surface area contributed by atoms with Crippen LogP contribution in [0, 0.1) is 12.3 Å². The highest BCUT2D eigenvalue weighted by atomic mass is 79.9. The highest BCUT2D eigenvalue weighted by Crippen LogP contribution is 2.24.